The topological polar surface area (TPSA) is 55.8 Å². The molecular formula is C13H13F2NO4. The number of ether oxygens (including phenoxy) is 2. The van der Waals surface area contributed by atoms with Crippen molar-refractivity contribution in [2.24, 2.45) is 0 Å². The molecule has 2 rings (SSSR count). The minimum Gasteiger partial charge on any atom is -0.467 e. The van der Waals surface area contributed by atoms with Gasteiger partial charge in [-0.3, -0.25) is 4.79 Å². The van der Waals surface area contributed by atoms with Gasteiger partial charge in [0.25, 0.3) is 5.91 Å². The molecule has 1 aliphatic rings. The van der Waals surface area contributed by atoms with E-state index in [0.717, 1.165) is 12.1 Å². The summed E-state index contributed by atoms with van der Waals surface area (Å²) in [5, 5.41) is 0. The Kier molecular flexibility index (Phi) is 4.29. The van der Waals surface area contributed by atoms with Crippen LogP contribution in [-0.2, 0) is 14.3 Å². The van der Waals surface area contributed by atoms with Crippen LogP contribution in [-0.4, -0.2) is 49.7 Å². The highest BCUT2D eigenvalue weighted by molar-refractivity contribution is 5.94. The fourth-order valence-corrected chi connectivity index (χ4v) is 1.97. The molecule has 0 spiro atoms. The van der Waals surface area contributed by atoms with Crippen LogP contribution in [0.2, 0.25) is 0 Å². The van der Waals surface area contributed by atoms with E-state index in [1.54, 1.807) is 0 Å². The summed E-state index contributed by atoms with van der Waals surface area (Å²) in [4.78, 5) is 24.8. The van der Waals surface area contributed by atoms with Crippen molar-refractivity contribution in [2.45, 2.75) is 6.10 Å². The predicted molar refractivity (Wildman–Crippen MR) is 64.0 cm³/mol. The third kappa shape index (κ3) is 3.11. The maximum Gasteiger partial charge on any atom is 0.336 e. The van der Waals surface area contributed by atoms with Gasteiger partial charge in [-0.2, -0.15) is 0 Å². The Morgan fingerprint density at radius 1 is 1.30 bits per heavy atom. The molecule has 0 radical (unpaired) electrons. The van der Waals surface area contributed by atoms with Gasteiger partial charge in [0.1, 0.15) is 11.6 Å². The zero-order valence-corrected chi connectivity index (χ0v) is 10.8. The Morgan fingerprint density at radius 2 is 1.95 bits per heavy atom. The first-order chi connectivity index (χ1) is 9.51. The maximum atomic E-state index is 13.1. The van der Waals surface area contributed by atoms with E-state index in [2.05, 4.69) is 4.74 Å². The van der Waals surface area contributed by atoms with Gasteiger partial charge < -0.3 is 14.4 Å². The minimum atomic E-state index is -0.879. The highest BCUT2D eigenvalue weighted by Gasteiger charge is 2.30. The van der Waals surface area contributed by atoms with Crippen LogP contribution in [0.3, 0.4) is 0 Å². The Balaban J connectivity index is 2.14. The van der Waals surface area contributed by atoms with Crippen LogP contribution in [0.1, 0.15) is 10.4 Å². The summed E-state index contributed by atoms with van der Waals surface area (Å²) in [7, 11) is 1.22. The van der Waals surface area contributed by atoms with Crippen LogP contribution < -0.4 is 0 Å². The molecule has 1 atom stereocenters. The van der Waals surface area contributed by atoms with Gasteiger partial charge in [-0.05, 0) is 12.1 Å². The lowest BCUT2D eigenvalue weighted by Gasteiger charge is -2.31. The number of carbonyl (C=O) groups is 2. The maximum absolute atomic E-state index is 13.1. The van der Waals surface area contributed by atoms with Crippen molar-refractivity contribution in [3.05, 3.63) is 35.4 Å². The first kappa shape index (κ1) is 14.4. The van der Waals surface area contributed by atoms with Crippen LogP contribution >= 0.6 is 0 Å². The average Bonchev–Trinajstić information content (AvgIpc) is 2.44. The van der Waals surface area contributed by atoms with Crippen molar-refractivity contribution < 1.29 is 27.8 Å². The van der Waals surface area contributed by atoms with E-state index in [4.69, 9.17) is 4.74 Å². The second-order valence-corrected chi connectivity index (χ2v) is 4.29. The zero-order valence-electron chi connectivity index (χ0n) is 10.8. The number of halogens is 2. The number of rotatable bonds is 2. The number of hydrogen-bond acceptors (Lipinski definition) is 4. The number of methoxy groups -OCH3 is 1. The van der Waals surface area contributed by atoms with Crippen LogP contribution in [0.25, 0.3) is 0 Å². The minimum absolute atomic E-state index is 0.0103. The van der Waals surface area contributed by atoms with Crippen molar-refractivity contribution in [3.63, 3.8) is 0 Å². The van der Waals surface area contributed by atoms with E-state index in [-0.39, 0.29) is 25.3 Å². The quantitative estimate of drug-likeness (QED) is 0.760. The predicted octanol–water partition coefficient (Wildman–Crippen LogP) is 0.979. The number of amides is 1. The summed E-state index contributed by atoms with van der Waals surface area (Å²) in [5.74, 6) is -2.80. The molecule has 7 heteroatoms. The molecule has 0 aliphatic carbocycles. The van der Waals surface area contributed by atoms with Gasteiger partial charge in [0, 0.05) is 18.2 Å². The molecule has 1 aromatic rings. The largest absolute Gasteiger partial charge is 0.467 e. The molecule has 1 unspecified atom stereocenters. The summed E-state index contributed by atoms with van der Waals surface area (Å²) < 4.78 is 35.9. The number of morpholine rings is 1. The lowest BCUT2D eigenvalue weighted by Crippen LogP contribution is -2.48. The Morgan fingerprint density at radius 3 is 2.55 bits per heavy atom. The van der Waals surface area contributed by atoms with Crippen molar-refractivity contribution in [1.29, 1.82) is 0 Å². The normalized spacial score (nSPS) is 18.8. The highest BCUT2D eigenvalue weighted by atomic mass is 19.1. The molecule has 1 heterocycles. The zero-order chi connectivity index (χ0) is 14.7. The first-order valence-corrected chi connectivity index (χ1v) is 5.96. The molecule has 1 fully saturated rings. The summed E-state index contributed by atoms with van der Waals surface area (Å²) in [6, 6.07) is 2.59. The summed E-state index contributed by atoms with van der Waals surface area (Å²) in [5.41, 5.74) is -0.104. The molecule has 0 aromatic heterocycles. The number of hydrogen-bond donors (Lipinski definition) is 0. The second-order valence-electron chi connectivity index (χ2n) is 4.29. The molecule has 1 aromatic carbocycles. The van der Waals surface area contributed by atoms with E-state index in [0.29, 0.717) is 6.07 Å². The van der Waals surface area contributed by atoms with E-state index in [9.17, 15) is 18.4 Å². The lowest BCUT2D eigenvalue weighted by atomic mass is 10.1. The van der Waals surface area contributed by atoms with Gasteiger partial charge in [0.15, 0.2) is 6.10 Å². The summed E-state index contributed by atoms with van der Waals surface area (Å²) >= 11 is 0. The van der Waals surface area contributed by atoms with E-state index in [1.807, 2.05) is 0 Å². The van der Waals surface area contributed by atoms with Gasteiger partial charge in [-0.15, -0.1) is 0 Å². The molecule has 108 valence electrons. The van der Waals surface area contributed by atoms with E-state index in [1.165, 1.54) is 12.0 Å². The lowest BCUT2D eigenvalue weighted by molar-refractivity contribution is -0.158. The summed E-state index contributed by atoms with van der Waals surface area (Å²) in [6.07, 6.45) is -0.879. The fraction of sp³-hybridized carbons (Fsp3) is 0.385. The standard InChI is InChI=1S/C13H13F2NO4/c1-19-13(18)11-7-16(2-3-20-11)12(17)8-4-9(14)6-10(15)5-8/h4-6,11H,2-3,7H2,1H3. The fourth-order valence-electron chi connectivity index (χ4n) is 1.97. The van der Waals surface area contributed by atoms with E-state index < -0.39 is 29.6 Å². The molecule has 1 saturated heterocycles. The summed E-state index contributed by atoms with van der Waals surface area (Å²) in [6.45, 7) is 0.386. The molecule has 0 N–H and O–H groups in total. The van der Waals surface area contributed by atoms with Crippen molar-refractivity contribution in [2.75, 3.05) is 26.8 Å². The Bertz CT molecular complexity index is 515. The molecule has 0 bridgehead atoms. The van der Waals surface area contributed by atoms with Crippen LogP contribution in [0, 0.1) is 11.6 Å². The molecule has 20 heavy (non-hydrogen) atoms. The van der Waals surface area contributed by atoms with Crippen LogP contribution in [0.4, 0.5) is 8.78 Å². The Hall–Kier alpha value is -2.02. The number of esters is 1. The van der Waals surface area contributed by atoms with Crippen LogP contribution in [0.5, 0.6) is 0 Å². The first-order valence-electron chi connectivity index (χ1n) is 5.96. The molecule has 1 amide bonds. The SMILES string of the molecule is COC(=O)C1CN(C(=O)c2cc(F)cc(F)c2)CCO1. The number of carbonyl (C=O) groups excluding carboxylic acids is 2. The third-order valence-corrected chi connectivity index (χ3v) is 2.93. The van der Waals surface area contributed by atoms with Crippen LogP contribution in [0.15, 0.2) is 18.2 Å². The molecule has 1 aliphatic heterocycles. The van der Waals surface area contributed by atoms with Crippen molar-refractivity contribution >= 4 is 11.9 Å². The monoisotopic (exact) mass is 285 g/mol. The van der Waals surface area contributed by atoms with E-state index >= 15 is 0 Å². The van der Waals surface area contributed by atoms with Gasteiger partial charge in [0.2, 0.25) is 0 Å². The van der Waals surface area contributed by atoms with Gasteiger partial charge in [-0.25, -0.2) is 13.6 Å². The van der Waals surface area contributed by atoms with Gasteiger partial charge in [-0.1, -0.05) is 0 Å². The smallest absolute Gasteiger partial charge is 0.336 e. The average molecular weight is 285 g/mol. The Labute approximate surface area is 114 Å². The molecule has 0 saturated carbocycles. The third-order valence-electron chi connectivity index (χ3n) is 2.93. The molecule has 5 nitrogen and oxygen atoms in total. The molecular weight excluding hydrogens is 272 g/mol. The van der Waals surface area contributed by atoms with Gasteiger partial charge >= 0.3 is 5.97 Å². The second kappa shape index (κ2) is 5.96. The number of benzene rings is 1. The van der Waals surface area contributed by atoms with Gasteiger partial charge in [0.05, 0.1) is 20.3 Å². The van der Waals surface area contributed by atoms with Crippen molar-refractivity contribution in [1.82, 2.24) is 4.90 Å². The highest BCUT2D eigenvalue weighted by Crippen LogP contribution is 2.14. The number of nitrogens with zero attached hydrogens (tertiary/aromatic N) is 1. The van der Waals surface area contributed by atoms with Crippen molar-refractivity contribution in [3.8, 4) is 0 Å².